The fourth-order valence-corrected chi connectivity index (χ4v) is 3.01. The van der Waals surface area contributed by atoms with Crippen molar-refractivity contribution in [3.05, 3.63) is 0 Å². The summed E-state index contributed by atoms with van der Waals surface area (Å²) in [5.74, 6) is -0.705. The predicted molar refractivity (Wildman–Crippen MR) is 49.7 cm³/mol. The first-order valence-electron chi connectivity index (χ1n) is 5.08. The lowest BCUT2D eigenvalue weighted by atomic mass is 9.82. The third-order valence-electron chi connectivity index (χ3n) is 3.74. The number of aliphatic carboxylic acids is 1. The fourth-order valence-electron chi connectivity index (χ4n) is 3.01. The third-order valence-corrected chi connectivity index (χ3v) is 3.74. The lowest BCUT2D eigenvalue weighted by Gasteiger charge is -2.27. The van der Waals surface area contributed by atoms with Crippen LogP contribution in [0.3, 0.4) is 0 Å². The second-order valence-electron chi connectivity index (χ2n) is 4.33. The fraction of sp³-hybridized carbons (Fsp3) is 0.800. The maximum Gasteiger partial charge on any atom is 0.311 e. The summed E-state index contributed by atoms with van der Waals surface area (Å²) < 4.78 is 0. The first-order chi connectivity index (χ1) is 6.58. The van der Waals surface area contributed by atoms with Crippen LogP contribution in [-0.2, 0) is 9.59 Å². The lowest BCUT2D eigenvalue weighted by Crippen LogP contribution is -2.42. The van der Waals surface area contributed by atoms with E-state index < -0.39 is 11.4 Å². The SMILES string of the molecule is CC(=O)N1CCC2(C(=O)O)CCCC12. The molecular weight excluding hydrogens is 182 g/mol. The van der Waals surface area contributed by atoms with E-state index in [1.807, 2.05) is 0 Å². The second-order valence-corrected chi connectivity index (χ2v) is 4.33. The largest absolute Gasteiger partial charge is 0.481 e. The van der Waals surface area contributed by atoms with Gasteiger partial charge in [0.25, 0.3) is 0 Å². The molecule has 1 aliphatic heterocycles. The first-order valence-corrected chi connectivity index (χ1v) is 5.08. The van der Waals surface area contributed by atoms with Crippen molar-refractivity contribution in [1.82, 2.24) is 4.90 Å². The summed E-state index contributed by atoms with van der Waals surface area (Å²) in [7, 11) is 0. The number of fused-ring (bicyclic) bond motifs is 1. The number of hydrogen-bond donors (Lipinski definition) is 1. The smallest absolute Gasteiger partial charge is 0.311 e. The van der Waals surface area contributed by atoms with E-state index in [0.29, 0.717) is 13.0 Å². The van der Waals surface area contributed by atoms with Gasteiger partial charge < -0.3 is 10.0 Å². The monoisotopic (exact) mass is 197 g/mol. The minimum atomic E-state index is -0.719. The standard InChI is InChI=1S/C10H15NO3/c1-7(12)11-6-5-10(9(13)14)4-2-3-8(10)11/h8H,2-6H2,1H3,(H,13,14). The van der Waals surface area contributed by atoms with Crippen molar-refractivity contribution in [2.45, 2.75) is 38.6 Å². The lowest BCUT2D eigenvalue weighted by molar-refractivity contribution is -0.150. The van der Waals surface area contributed by atoms with Crippen LogP contribution in [0.15, 0.2) is 0 Å². The summed E-state index contributed by atoms with van der Waals surface area (Å²) in [5.41, 5.74) is -0.619. The molecule has 78 valence electrons. The van der Waals surface area contributed by atoms with Crippen molar-refractivity contribution < 1.29 is 14.7 Å². The molecule has 2 fully saturated rings. The highest BCUT2D eigenvalue weighted by Crippen LogP contribution is 2.48. The molecule has 1 heterocycles. The van der Waals surface area contributed by atoms with Gasteiger partial charge in [0.2, 0.25) is 5.91 Å². The van der Waals surface area contributed by atoms with E-state index >= 15 is 0 Å². The van der Waals surface area contributed by atoms with E-state index in [1.54, 1.807) is 4.90 Å². The number of carbonyl (C=O) groups is 2. The minimum Gasteiger partial charge on any atom is -0.481 e. The molecule has 1 saturated carbocycles. The Hall–Kier alpha value is -1.06. The molecule has 14 heavy (non-hydrogen) atoms. The first kappa shape index (κ1) is 9.49. The molecule has 4 heteroatoms. The molecule has 0 radical (unpaired) electrons. The normalized spacial score (nSPS) is 35.8. The van der Waals surface area contributed by atoms with Gasteiger partial charge in [-0.2, -0.15) is 0 Å². The highest BCUT2D eigenvalue weighted by atomic mass is 16.4. The van der Waals surface area contributed by atoms with Gasteiger partial charge in [-0.3, -0.25) is 9.59 Å². The van der Waals surface area contributed by atoms with Crippen LogP contribution in [0, 0.1) is 5.41 Å². The highest BCUT2D eigenvalue weighted by molar-refractivity contribution is 5.80. The molecule has 0 spiro atoms. The Morgan fingerprint density at radius 1 is 1.43 bits per heavy atom. The van der Waals surface area contributed by atoms with Gasteiger partial charge in [-0.1, -0.05) is 6.42 Å². The van der Waals surface area contributed by atoms with E-state index in [4.69, 9.17) is 0 Å². The molecule has 2 aliphatic rings. The van der Waals surface area contributed by atoms with Crippen LogP contribution >= 0.6 is 0 Å². The summed E-state index contributed by atoms with van der Waals surface area (Å²) >= 11 is 0. The number of carbonyl (C=O) groups excluding carboxylic acids is 1. The van der Waals surface area contributed by atoms with E-state index in [2.05, 4.69) is 0 Å². The topological polar surface area (TPSA) is 57.6 Å². The molecule has 1 aliphatic carbocycles. The molecule has 0 aromatic carbocycles. The van der Waals surface area contributed by atoms with Crippen LogP contribution in [0.1, 0.15) is 32.6 Å². The Bertz CT molecular complexity index is 289. The number of carboxylic acid groups (broad SMARTS) is 1. The summed E-state index contributed by atoms with van der Waals surface area (Å²) in [5, 5.41) is 9.24. The average molecular weight is 197 g/mol. The number of amides is 1. The number of rotatable bonds is 1. The third kappa shape index (κ3) is 1.06. The van der Waals surface area contributed by atoms with E-state index in [9.17, 15) is 14.7 Å². The van der Waals surface area contributed by atoms with Crippen molar-refractivity contribution >= 4 is 11.9 Å². The molecule has 4 nitrogen and oxygen atoms in total. The maximum absolute atomic E-state index is 11.3. The zero-order valence-electron chi connectivity index (χ0n) is 8.32. The summed E-state index contributed by atoms with van der Waals surface area (Å²) in [6, 6.07) is -0.0440. The van der Waals surface area contributed by atoms with E-state index in [-0.39, 0.29) is 11.9 Å². The molecule has 0 bridgehead atoms. The zero-order valence-corrected chi connectivity index (χ0v) is 8.32. The Labute approximate surface area is 82.9 Å². The van der Waals surface area contributed by atoms with Crippen molar-refractivity contribution in [3.63, 3.8) is 0 Å². The Kier molecular flexibility index (Phi) is 2.01. The predicted octanol–water partition coefficient (Wildman–Crippen LogP) is 0.862. The van der Waals surface area contributed by atoms with Gasteiger partial charge in [0.05, 0.1) is 5.41 Å². The number of hydrogen-bond acceptors (Lipinski definition) is 2. The molecule has 0 aromatic rings. The minimum absolute atomic E-state index is 0.0139. The summed E-state index contributed by atoms with van der Waals surface area (Å²) in [6.07, 6.45) is 3.15. The molecule has 1 N–H and O–H groups in total. The molecule has 1 amide bonds. The van der Waals surface area contributed by atoms with Crippen molar-refractivity contribution in [1.29, 1.82) is 0 Å². The van der Waals surface area contributed by atoms with Crippen LogP contribution in [-0.4, -0.2) is 34.5 Å². The van der Waals surface area contributed by atoms with Gasteiger partial charge >= 0.3 is 5.97 Å². The van der Waals surface area contributed by atoms with Crippen LogP contribution in [0.4, 0.5) is 0 Å². The summed E-state index contributed by atoms with van der Waals surface area (Å²) in [6.45, 7) is 2.14. The quantitative estimate of drug-likeness (QED) is 0.678. The van der Waals surface area contributed by atoms with Crippen molar-refractivity contribution in [2.75, 3.05) is 6.54 Å². The van der Waals surface area contributed by atoms with Crippen LogP contribution in [0.2, 0.25) is 0 Å². The molecule has 0 aromatic heterocycles. The molecule has 2 unspecified atom stereocenters. The Balaban J connectivity index is 2.28. The number of likely N-dealkylation sites (tertiary alicyclic amines) is 1. The number of carboxylic acids is 1. The molecule has 1 saturated heterocycles. The highest BCUT2D eigenvalue weighted by Gasteiger charge is 2.56. The molecular formula is C10H15NO3. The van der Waals surface area contributed by atoms with Gasteiger partial charge in [-0.15, -0.1) is 0 Å². The van der Waals surface area contributed by atoms with Gasteiger partial charge in [0, 0.05) is 19.5 Å². The van der Waals surface area contributed by atoms with E-state index in [0.717, 1.165) is 19.3 Å². The van der Waals surface area contributed by atoms with Gasteiger partial charge in [-0.25, -0.2) is 0 Å². The number of nitrogens with zero attached hydrogens (tertiary/aromatic N) is 1. The second kappa shape index (κ2) is 2.97. The van der Waals surface area contributed by atoms with Crippen LogP contribution < -0.4 is 0 Å². The van der Waals surface area contributed by atoms with Crippen LogP contribution in [0.25, 0.3) is 0 Å². The molecule has 2 rings (SSSR count). The van der Waals surface area contributed by atoms with Crippen molar-refractivity contribution in [2.24, 2.45) is 5.41 Å². The van der Waals surface area contributed by atoms with Crippen LogP contribution in [0.5, 0.6) is 0 Å². The molecule has 2 atom stereocenters. The average Bonchev–Trinajstić information content (AvgIpc) is 2.58. The van der Waals surface area contributed by atoms with E-state index in [1.165, 1.54) is 6.92 Å². The maximum atomic E-state index is 11.3. The Morgan fingerprint density at radius 3 is 2.71 bits per heavy atom. The zero-order chi connectivity index (χ0) is 10.3. The Morgan fingerprint density at radius 2 is 2.14 bits per heavy atom. The van der Waals surface area contributed by atoms with Gasteiger partial charge in [-0.05, 0) is 19.3 Å². The van der Waals surface area contributed by atoms with Gasteiger partial charge in [0.1, 0.15) is 0 Å². The summed E-state index contributed by atoms with van der Waals surface area (Å²) in [4.78, 5) is 24.3. The van der Waals surface area contributed by atoms with Crippen molar-refractivity contribution in [3.8, 4) is 0 Å². The van der Waals surface area contributed by atoms with Gasteiger partial charge in [0.15, 0.2) is 0 Å².